The van der Waals surface area contributed by atoms with Gasteiger partial charge in [-0.2, -0.15) is 4.99 Å². The van der Waals surface area contributed by atoms with Gasteiger partial charge in [-0.3, -0.25) is 4.79 Å². The highest BCUT2D eigenvalue weighted by Crippen LogP contribution is 2.19. The van der Waals surface area contributed by atoms with Crippen molar-refractivity contribution in [1.82, 2.24) is 5.32 Å². The Labute approximate surface area is 201 Å². The average molecular weight is 465 g/mol. The van der Waals surface area contributed by atoms with Crippen LogP contribution in [-0.2, 0) is 11.3 Å². The van der Waals surface area contributed by atoms with Crippen molar-refractivity contribution in [2.45, 2.75) is 55.0 Å². The van der Waals surface area contributed by atoms with Gasteiger partial charge in [0, 0.05) is 29.1 Å². The Balaban J connectivity index is 2.21. The van der Waals surface area contributed by atoms with Gasteiger partial charge in [0.05, 0.1) is 5.56 Å². The number of anilines is 1. The number of benzene rings is 2. The molecular weight excluding hydrogens is 431 g/mol. The van der Waals surface area contributed by atoms with Crippen LogP contribution in [0.1, 0.15) is 62.4 Å². The van der Waals surface area contributed by atoms with Crippen LogP contribution in [-0.4, -0.2) is 17.8 Å². The first-order valence-electron chi connectivity index (χ1n) is 11.1. The van der Waals surface area contributed by atoms with E-state index < -0.39 is 11.8 Å². The number of amidine groups is 1. The van der Waals surface area contributed by atoms with Gasteiger partial charge < -0.3 is 16.4 Å². The van der Waals surface area contributed by atoms with E-state index >= 15 is 0 Å². The number of rotatable bonds is 5. The lowest BCUT2D eigenvalue weighted by molar-refractivity contribution is -0.124. The number of carbonyl (C=O) groups excluding carboxylic acids is 2. The zero-order valence-electron chi connectivity index (χ0n) is 20.9. The highest BCUT2D eigenvalue weighted by Gasteiger charge is 2.14. The van der Waals surface area contributed by atoms with Crippen LogP contribution in [0.4, 0.5) is 14.9 Å². The summed E-state index contributed by atoms with van der Waals surface area (Å²) < 4.78 is 14.4. The van der Waals surface area contributed by atoms with Crippen molar-refractivity contribution in [3.05, 3.63) is 64.0 Å². The van der Waals surface area contributed by atoms with Crippen molar-refractivity contribution < 1.29 is 14.0 Å². The number of hydrogen-bond acceptors (Lipinski definition) is 2. The van der Waals surface area contributed by atoms with Crippen molar-refractivity contribution in [2.75, 3.05) is 5.32 Å². The minimum absolute atomic E-state index is 0.0395. The highest BCUT2D eigenvalue weighted by molar-refractivity contribution is 6.08. The fourth-order valence-corrected chi connectivity index (χ4v) is 3.13. The predicted molar refractivity (Wildman–Crippen MR) is 135 cm³/mol. The second-order valence-electron chi connectivity index (χ2n) is 9.54. The van der Waals surface area contributed by atoms with E-state index in [4.69, 9.17) is 5.73 Å². The van der Waals surface area contributed by atoms with E-state index in [1.54, 1.807) is 6.07 Å². The number of aryl methyl sites for hydroxylation is 1. The number of aliphatic imine (C=N–C) groups is 1. The summed E-state index contributed by atoms with van der Waals surface area (Å²) in [6.07, 6.45) is 0. The summed E-state index contributed by atoms with van der Waals surface area (Å²) in [6.45, 7) is 13.5. The Kier molecular flexibility index (Phi) is 8.58. The number of amides is 3. The summed E-state index contributed by atoms with van der Waals surface area (Å²) in [6, 6.07) is 7.34. The van der Waals surface area contributed by atoms with Crippen LogP contribution >= 0.6 is 0 Å². The van der Waals surface area contributed by atoms with Crippen LogP contribution in [0.3, 0.4) is 0 Å². The van der Waals surface area contributed by atoms with Crippen LogP contribution in [0.25, 0.3) is 0 Å². The Hall–Kier alpha value is -3.66. The van der Waals surface area contributed by atoms with Gasteiger partial charge in [-0.25, -0.2) is 9.18 Å². The average Bonchev–Trinajstić information content (AvgIpc) is 2.71. The van der Waals surface area contributed by atoms with E-state index in [1.165, 1.54) is 12.1 Å². The van der Waals surface area contributed by atoms with Crippen molar-refractivity contribution in [3.8, 4) is 11.8 Å². The molecule has 0 saturated heterocycles. The van der Waals surface area contributed by atoms with Crippen molar-refractivity contribution >= 4 is 23.5 Å². The van der Waals surface area contributed by atoms with Gasteiger partial charge in [0.2, 0.25) is 5.91 Å². The molecular formula is C27H33FN4O2. The first-order chi connectivity index (χ1) is 15.8. The van der Waals surface area contributed by atoms with Crippen molar-refractivity contribution in [3.63, 3.8) is 0 Å². The number of nitrogens with one attached hydrogen (secondary N) is 2. The predicted octanol–water partition coefficient (Wildman–Crippen LogP) is 5.05. The Morgan fingerprint density at radius 2 is 1.82 bits per heavy atom. The van der Waals surface area contributed by atoms with E-state index in [1.807, 2.05) is 60.6 Å². The molecule has 0 heterocycles. The zero-order valence-corrected chi connectivity index (χ0v) is 20.9. The molecule has 0 bridgehead atoms. The minimum atomic E-state index is -0.720. The van der Waals surface area contributed by atoms with Crippen LogP contribution in [0.5, 0.6) is 0 Å². The molecule has 3 amide bonds. The third-order valence-electron chi connectivity index (χ3n) is 5.03. The van der Waals surface area contributed by atoms with E-state index in [2.05, 4.69) is 27.5 Å². The molecule has 0 saturated carbocycles. The van der Waals surface area contributed by atoms with Gasteiger partial charge in [0.1, 0.15) is 11.7 Å². The van der Waals surface area contributed by atoms with Crippen LogP contribution in [0, 0.1) is 42.8 Å². The van der Waals surface area contributed by atoms with E-state index in [0.717, 1.165) is 16.7 Å². The molecule has 0 atom stereocenters. The maximum absolute atomic E-state index is 14.4. The van der Waals surface area contributed by atoms with Gasteiger partial charge in [-0.05, 0) is 69.5 Å². The number of halogens is 1. The summed E-state index contributed by atoms with van der Waals surface area (Å²) in [7, 11) is 0. The molecule has 2 aromatic rings. The van der Waals surface area contributed by atoms with E-state index in [0.29, 0.717) is 12.1 Å². The third-order valence-corrected chi connectivity index (χ3v) is 5.03. The largest absolute Gasteiger partial charge is 0.383 e. The van der Waals surface area contributed by atoms with Crippen molar-refractivity contribution in [2.24, 2.45) is 22.1 Å². The topological polar surface area (TPSA) is 96.6 Å². The molecule has 0 aliphatic rings. The minimum Gasteiger partial charge on any atom is -0.383 e. The SMILES string of the molecule is Cc1ccc(CNC(=O)C(C)C)c(C)c1/C(N)=N/C(=O)Nc1ccc(C#CC(C)(C)C)c(F)c1. The fraction of sp³-hybridized carbons (Fsp3) is 0.370. The number of urea groups is 1. The fourth-order valence-electron chi connectivity index (χ4n) is 3.13. The zero-order chi connectivity index (χ0) is 25.6. The van der Waals surface area contributed by atoms with Crippen molar-refractivity contribution in [1.29, 1.82) is 0 Å². The molecule has 7 heteroatoms. The Morgan fingerprint density at radius 1 is 1.15 bits per heavy atom. The lowest BCUT2D eigenvalue weighted by atomic mass is 9.96. The van der Waals surface area contributed by atoms with Gasteiger partial charge in [0.25, 0.3) is 0 Å². The summed E-state index contributed by atoms with van der Waals surface area (Å²) in [5, 5.41) is 5.42. The molecule has 4 N–H and O–H groups in total. The summed E-state index contributed by atoms with van der Waals surface area (Å²) in [5.74, 6) is 5.13. The van der Waals surface area contributed by atoms with Crippen LogP contribution in [0.2, 0.25) is 0 Å². The monoisotopic (exact) mass is 464 g/mol. The second kappa shape index (κ2) is 11.0. The summed E-state index contributed by atoms with van der Waals surface area (Å²) in [5.41, 5.74) is 9.60. The van der Waals surface area contributed by atoms with Gasteiger partial charge >= 0.3 is 6.03 Å². The molecule has 6 nitrogen and oxygen atoms in total. The molecule has 2 rings (SSSR count). The molecule has 180 valence electrons. The number of nitrogens with two attached hydrogens (primary N) is 1. The quantitative estimate of drug-likeness (QED) is 0.328. The molecule has 0 radical (unpaired) electrons. The van der Waals surface area contributed by atoms with E-state index in [-0.39, 0.29) is 34.3 Å². The normalized spacial score (nSPS) is 11.6. The number of hydrogen-bond donors (Lipinski definition) is 3. The maximum atomic E-state index is 14.4. The first kappa shape index (κ1) is 26.6. The van der Waals surface area contributed by atoms with Gasteiger partial charge in [-0.1, -0.05) is 37.8 Å². The first-order valence-corrected chi connectivity index (χ1v) is 11.1. The molecule has 34 heavy (non-hydrogen) atoms. The lowest BCUT2D eigenvalue weighted by Gasteiger charge is -2.15. The Bertz CT molecular complexity index is 1180. The lowest BCUT2D eigenvalue weighted by Crippen LogP contribution is -2.28. The summed E-state index contributed by atoms with van der Waals surface area (Å²) >= 11 is 0. The molecule has 0 spiro atoms. The molecule has 0 unspecified atom stereocenters. The molecule has 0 aliphatic carbocycles. The summed E-state index contributed by atoms with van der Waals surface area (Å²) in [4.78, 5) is 28.3. The third kappa shape index (κ3) is 7.45. The van der Waals surface area contributed by atoms with Crippen LogP contribution in [0.15, 0.2) is 35.3 Å². The Morgan fingerprint density at radius 3 is 2.41 bits per heavy atom. The van der Waals surface area contributed by atoms with E-state index in [9.17, 15) is 14.0 Å². The molecule has 2 aromatic carbocycles. The smallest absolute Gasteiger partial charge is 0.347 e. The molecule has 0 fully saturated rings. The molecule has 0 aromatic heterocycles. The van der Waals surface area contributed by atoms with Crippen LogP contribution < -0.4 is 16.4 Å². The number of carbonyl (C=O) groups is 2. The van der Waals surface area contributed by atoms with Gasteiger partial charge in [0.15, 0.2) is 0 Å². The maximum Gasteiger partial charge on any atom is 0.347 e. The molecule has 0 aliphatic heterocycles. The standard InChI is InChI=1S/C27H33FN4O2/c1-16(2)25(33)30-15-20-9-8-17(3)23(18(20)4)24(29)32-26(34)31-21-11-10-19(22(28)14-21)12-13-27(5,6)7/h8-11,14,16H,15H2,1-7H3,(H,30,33)(H3,29,31,32,34). The highest BCUT2D eigenvalue weighted by atomic mass is 19.1. The van der Waals surface area contributed by atoms with Gasteiger partial charge in [-0.15, -0.1) is 0 Å². The second-order valence-corrected chi connectivity index (χ2v) is 9.54. The number of nitrogens with zero attached hydrogens (tertiary/aromatic N) is 1.